The van der Waals surface area contributed by atoms with Crippen LogP contribution in [-0.4, -0.2) is 21.1 Å². The van der Waals surface area contributed by atoms with E-state index in [1.807, 2.05) is 0 Å². The van der Waals surface area contributed by atoms with E-state index in [1.54, 1.807) is 0 Å². The van der Waals surface area contributed by atoms with Gasteiger partial charge in [0.1, 0.15) is 0 Å². The summed E-state index contributed by atoms with van der Waals surface area (Å²) >= 11 is 0. The molecule has 112 valence electrons. The van der Waals surface area contributed by atoms with E-state index in [4.69, 9.17) is 4.52 Å². The summed E-state index contributed by atoms with van der Waals surface area (Å²) in [5.41, 5.74) is 1.34. The molecule has 0 bridgehead atoms. The summed E-state index contributed by atoms with van der Waals surface area (Å²) in [6.45, 7) is 6.04. The second-order valence-corrected chi connectivity index (χ2v) is 6.32. The van der Waals surface area contributed by atoms with Crippen LogP contribution in [0.1, 0.15) is 44.0 Å². The molecule has 0 aliphatic heterocycles. The van der Waals surface area contributed by atoms with Crippen LogP contribution in [0.15, 0.2) is 34.9 Å². The second kappa shape index (κ2) is 6.39. The Bertz CT molecular complexity index is 560. The number of hydrogen-bond acceptors (Lipinski definition) is 4. The Balaban J connectivity index is 1.64. The van der Waals surface area contributed by atoms with Gasteiger partial charge in [-0.15, -0.1) is 0 Å². The fourth-order valence-electron chi connectivity index (χ4n) is 2.55. The van der Waals surface area contributed by atoms with Crippen LogP contribution < -0.4 is 0 Å². The topological polar surface area (TPSA) is 42.2 Å². The van der Waals surface area contributed by atoms with E-state index in [-0.39, 0.29) is 0 Å². The molecule has 1 heterocycles. The minimum atomic E-state index is 0.555. The van der Waals surface area contributed by atoms with Crippen LogP contribution >= 0.6 is 0 Å². The lowest BCUT2D eigenvalue weighted by molar-refractivity contribution is 0.209. The highest BCUT2D eigenvalue weighted by Gasteiger charge is 2.30. The van der Waals surface area contributed by atoms with Crippen LogP contribution in [0.4, 0.5) is 0 Å². The smallest absolute Gasteiger partial charge is 0.240 e. The van der Waals surface area contributed by atoms with Gasteiger partial charge in [-0.1, -0.05) is 49.3 Å². The van der Waals surface area contributed by atoms with Gasteiger partial charge < -0.3 is 4.52 Å². The fraction of sp³-hybridized carbons (Fsp3) is 0.529. The molecule has 4 nitrogen and oxygen atoms in total. The molecule has 0 N–H and O–H groups in total. The van der Waals surface area contributed by atoms with Gasteiger partial charge in [-0.05, 0) is 24.3 Å². The van der Waals surface area contributed by atoms with Gasteiger partial charge in [0.25, 0.3) is 0 Å². The first-order chi connectivity index (χ1) is 10.2. The summed E-state index contributed by atoms with van der Waals surface area (Å²) in [7, 11) is 0. The lowest BCUT2D eigenvalue weighted by Crippen LogP contribution is -2.25. The van der Waals surface area contributed by atoms with Crippen molar-refractivity contribution in [2.75, 3.05) is 0 Å². The Morgan fingerprint density at radius 1 is 1.19 bits per heavy atom. The van der Waals surface area contributed by atoms with Crippen LogP contribution in [0.5, 0.6) is 0 Å². The van der Waals surface area contributed by atoms with Crippen molar-refractivity contribution >= 4 is 0 Å². The van der Waals surface area contributed by atoms with Crippen molar-refractivity contribution in [2.24, 2.45) is 5.92 Å². The first kappa shape index (κ1) is 14.3. The van der Waals surface area contributed by atoms with Gasteiger partial charge in [-0.3, -0.25) is 4.90 Å². The summed E-state index contributed by atoms with van der Waals surface area (Å²) in [5.74, 6) is 2.13. The van der Waals surface area contributed by atoms with Crippen LogP contribution in [0.25, 0.3) is 0 Å². The maximum absolute atomic E-state index is 5.41. The molecule has 1 aliphatic rings. The summed E-state index contributed by atoms with van der Waals surface area (Å²) in [6.07, 6.45) is 3.44. The molecule has 1 aliphatic carbocycles. The van der Waals surface area contributed by atoms with Gasteiger partial charge in [-0.2, -0.15) is 4.98 Å². The molecule has 2 aromatic rings. The Labute approximate surface area is 126 Å². The Kier molecular flexibility index (Phi) is 4.34. The highest BCUT2D eigenvalue weighted by atomic mass is 16.5. The fourth-order valence-corrected chi connectivity index (χ4v) is 2.55. The lowest BCUT2D eigenvalue weighted by atomic mass is 10.1. The van der Waals surface area contributed by atoms with E-state index < -0.39 is 0 Å². The zero-order valence-electron chi connectivity index (χ0n) is 12.8. The summed E-state index contributed by atoms with van der Waals surface area (Å²) in [6, 6.07) is 11.3. The molecule has 0 spiro atoms. The first-order valence-electron chi connectivity index (χ1n) is 7.80. The summed E-state index contributed by atoms with van der Waals surface area (Å²) in [5, 5.41) is 4.08. The molecule has 3 rings (SSSR count). The molecule has 1 saturated carbocycles. The molecular weight excluding hydrogens is 262 g/mol. The number of benzene rings is 1. The molecule has 1 aromatic carbocycles. The molecule has 1 fully saturated rings. The van der Waals surface area contributed by atoms with E-state index in [0.717, 1.165) is 31.2 Å². The van der Waals surface area contributed by atoms with Gasteiger partial charge >= 0.3 is 0 Å². The van der Waals surface area contributed by atoms with E-state index >= 15 is 0 Å². The van der Waals surface area contributed by atoms with E-state index in [2.05, 4.69) is 59.2 Å². The molecular formula is C17H23N3O. The lowest BCUT2D eigenvalue weighted by Gasteiger charge is -2.19. The molecule has 21 heavy (non-hydrogen) atoms. The van der Waals surface area contributed by atoms with Crippen molar-refractivity contribution in [1.82, 2.24) is 15.0 Å². The minimum absolute atomic E-state index is 0.555. The summed E-state index contributed by atoms with van der Waals surface area (Å²) < 4.78 is 5.41. The maximum Gasteiger partial charge on any atom is 0.240 e. The molecule has 4 heteroatoms. The third-order valence-electron chi connectivity index (χ3n) is 3.73. The van der Waals surface area contributed by atoms with Crippen molar-refractivity contribution < 1.29 is 4.52 Å². The number of nitrogens with zero attached hydrogens (tertiary/aromatic N) is 3. The normalized spacial score (nSPS) is 15.0. The average Bonchev–Trinajstić information content (AvgIpc) is 3.22. The average molecular weight is 285 g/mol. The van der Waals surface area contributed by atoms with Crippen LogP contribution in [0, 0.1) is 5.92 Å². The quantitative estimate of drug-likeness (QED) is 0.781. The highest BCUT2D eigenvalue weighted by Crippen LogP contribution is 2.29. The standard InChI is InChI=1S/C17H23N3O/c1-13(2)10-16-18-17(21-19-16)12-20(15-8-9-15)11-14-6-4-3-5-7-14/h3-7,13,15H,8-12H2,1-2H3. The summed E-state index contributed by atoms with van der Waals surface area (Å²) in [4.78, 5) is 6.97. The number of rotatable bonds is 7. The number of hydrogen-bond donors (Lipinski definition) is 0. The van der Waals surface area contributed by atoms with Crippen molar-refractivity contribution in [3.05, 3.63) is 47.6 Å². The SMILES string of the molecule is CC(C)Cc1noc(CN(Cc2ccccc2)C2CC2)n1. The van der Waals surface area contributed by atoms with Crippen molar-refractivity contribution in [3.8, 4) is 0 Å². The van der Waals surface area contributed by atoms with Crippen molar-refractivity contribution in [3.63, 3.8) is 0 Å². The third kappa shape index (κ3) is 4.14. The van der Waals surface area contributed by atoms with Crippen LogP contribution in [0.3, 0.4) is 0 Å². The molecule has 0 atom stereocenters. The Morgan fingerprint density at radius 3 is 2.62 bits per heavy atom. The molecule has 1 aromatic heterocycles. The first-order valence-corrected chi connectivity index (χ1v) is 7.80. The Hall–Kier alpha value is -1.68. The zero-order valence-corrected chi connectivity index (χ0v) is 12.8. The highest BCUT2D eigenvalue weighted by molar-refractivity contribution is 5.15. The van der Waals surface area contributed by atoms with Gasteiger partial charge in [0.2, 0.25) is 5.89 Å². The monoisotopic (exact) mass is 285 g/mol. The predicted octanol–water partition coefficient (Wildman–Crippen LogP) is 3.43. The van der Waals surface area contributed by atoms with Crippen LogP contribution in [-0.2, 0) is 19.5 Å². The van der Waals surface area contributed by atoms with E-state index in [0.29, 0.717) is 12.0 Å². The van der Waals surface area contributed by atoms with Crippen molar-refractivity contribution in [2.45, 2.75) is 52.2 Å². The van der Waals surface area contributed by atoms with Gasteiger partial charge in [0.05, 0.1) is 6.54 Å². The largest absolute Gasteiger partial charge is 0.338 e. The zero-order chi connectivity index (χ0) is 14.7. The van der Waals surface area contributed by atoms with Crippen molar-refractivity contribution in [1.29, 1.82) is 0 Å². The predicted molar refractivity (Wildman–Crippen MR) is 81.6 cm³/mol. The Morgan fingerprint density at radius 2 is 1.95 bits per heavy atom. The van der Waals surface area contributed by atoms with E-state index in [9.17, 15) is 0 Å². The number of aromatic nitrogens is 2. The van der Waals surface area contributed by atoms with Gasteiger partial charge in [0, 0.05) is 19.0 Å². The minimum Gasteiger partial charge on any atom is -0.338 e. The van der Waals surface area contributed by atoms with Gasteiger partial charge in [-0.25, -0.2) is 0 Å². The second-order valence-electron chi connectivity index (χ2n) is 6.32. The van der Waals surface area contributed by atoms with Gasteiger partial charge in [0.15, 0.2) is 5.82 Å². The van der Waals surface area contributed by atoms with E-state index in [1.165, 1.54) is 18.4 Å². The molecule has 0 unspecified atom stereocenters. The third-order valence-corrected chi connectivity index (χ3v) is 3.73. The molecule has 0 radical (unpaired) electrons. The maximum atomic E-state index is 5.41. The molecule has 0 amide bonds. The van der Waals surface area contributed by atoms with Crippen LogP contribution in [0.2, 0.25) is 0 Å². The molecule has 0 saturated heterocycles.